The van der Waals surface area contributed by atoms with E-state index >= 15 is 0 Å². The zero-order valence-corrected chi connectivity index (χ0v) is 8.54. The van der Waals surface area contributed by atoms with Crippen molar-refractivity contribution >= 4 is 0 Å². The molecular formula is C10H19FN2O. The van der Waals surface area contributed by atoms with E-state index in [0.717, 1.165) is 45.7 Å². The maximum absolute atomic E-state index is 13.1. The van der Waals surface area contributed by atoms with E-state index in [9.17, 15) is 4.39 Å². The van der Waals surface area contributed by atoms with Crippen molar-refractivity contribution < 1.29 is 9.13 Å². The van der Waals surface area contributed by atoms with Crippen molar-refractivity contribution in [3.8, 4) is 0 Å². The van der Waals surface area contributed by atoms with Crippen molar-refractivity contribution in [3.05, 3.63) is 0 Å². The van der Waals surface area contributed by atoms with Crippen molar-refractivity contribution in [1.29, 1.82) is 0 Å². The number of nitrogens with zero attached hydrogens (tertiary/aromatic N) is 1. The lowest BCUT2D eigenvalue weighted by atomic mass is 10.1. The lowest BCUT2D eigenvalue weighted by Gasteiger charge is -2.33. The average Bonchev–Trinajstić information content (AvgIpc) is 2.19. The van der Waals surface area contributed by atoms with Gasteiger partial charge in [0.15, 0.2) is 0 Å². The van der Waals surface area contributed by atoms with Crippen LogP contribution in [-0.2, 0) is 4.74 Å². The Morgan fingerprint density at radius 1 is 1.50 bits per heavy atom. The lowest BCUT2D eigenvalue weighted by molar-refractivity contribution is 0.0502. The van der Waals surface area contributed by atoms with Crippen LogP contribution in [0.1, 0.15) is 12.8 Å². The number of likely N-dealkylation sites (tertiary alicyclic amines) is 1. The van der Waals surface area contributed by atoms with Gasteiger partial charge in [-0.05, 0) is 19.4 Å². The number of piperidine rings is 1. The molecule has 14 heavy (non-hydrogen) atoms. The summed E-state index contributed by atoms with van der Waals surface area (Å²) in [6.45, 7) is 5.09. The molecule has 2 heterocycles. The van der Waals surface area contributed by atoms with E-state index in [-0.39, 0.29) is 0 Å². The molecule has 82 valence electrons. The number of nitrogens with one attached hydrogen (secondary N) is 1. The molecule has 0 aromatic carbocycles. The fraction of sp³-hybridized carbons (Fsp3) is 1.00. The molecule has 2 aliphatic heterocycles. The van der Waals surface area contributed by atoms with Gasteiger partial charge >= 0.3 is 0 Å². The molecule has 0 spiro atoms. The molecule has 0 aromatic rings. The molecule has 0 bridgehead atoms. The first-order chi connectivity index (χ1) is 6.84. The molecule has 0 radical (unpaired) electrons. The van der Waals surface area contributed by atoms with Gasteiger partial charge in [-0.2, -0.15) is 0 Å². The Bertz CT molecular complexity index is 174. The van der Waals surface area contributed by atoms with E-state index in [1.165, 1.54) is 0 Å². The molecular weight excluding hydrogens is 183 g/mol. The zero-order chi connectivity index (χ0) is 9.80. The minimum atomic E-state index is -0.617. The summed E-state index contributed by atoms with van der Waals surface area (Å²) < 4.78 is 18.5. The summed E-state index contributed by atoms with van der Waals surface area (Å²) in [6, 6.07) is 0.397. The molecule has 2 atom stereocenters. The first kappa shape index (κ1) is 10.3. The topological polar surface area (TPSA) is 24.5 Å². The van der Waals surface area contributed by atoms with Gasteiger partial charge in [0.1, 0.15) is 6.17 Å². The maximum atomic E-state index is 13.1. The third-order valence-electron chi connectivity index (χ3n) is 2.93. The highest BCUT2D eigenvalue weighted by Gasteiger charge is 2.22. The summed E-state index contributed by atoms with van der Waals surface area (Å²) in [4.78, 5) is 2.21. The lowest BCUT2D eigenvalue weighted by Crippen LogP contribution is -2.50. The highest BCUT2D eigenvalue weighted by molar-refractivity contribution is 4.79. The zero-order valence-electron chi connectivity index (χ0n) is 8.54. The first-order valence-corrected chi connectivity index (χ1v) is 5.52. The second-order valence-electron chi connectivity index (χ2n) is 4.23. The molecule has 0 amide bonds. The number of hydrogen-bond donors (Lipinski definition) is 1. The van der Waals surface area contributed by atoms with Crippen LogP contribution in [0.2, 0.25) is 0 Å². The second-order valence-corrected chi connectivity index (χ2v) is 4.23. The summed E-state index contributed by atoms with van der Waals surface area (Å²) in [7, 11) is 0. The van der Waals surface area contributed by atoms with Crippen LogP contribution in [0, 0.1) is 0 Å². The van der Waals surface area contributed by atoms with Crippen LogP contribution in [0.4, 0.5) is 4.39 Å². The molecule has 2 aliphatic rings. The predicted molar refractivity (Wildman–Crippen MR) is 53.2 cm³/mol. The summed E-state index contributed by atoms with van der Waals surface area (Å²) in [6.07, 6.45) is 1.12. The summed E-state index contributed by atoms with van der Waals surface area (Å²) in [5.74, 6) is 0. The minimum absolute atomic E-state index is 0.397. The van der Waals surface area contributed by atoms with Gasteiger partial charge in [-0.1, -0.05) is 0 Å². The Kier molecular flexibility index (Phi) is 3.73. The number of halogens is 1. The van der Waals surface area contributed by atoms with Gasteiger partial charge in [0, 0.05) is 25.7 Å². The Hall–Kier alpha value is -0.190. The molecule has 0 saturated carbocycles. The smallest absolute Gasteiger partial charge is 0.113 e. The van der Waals surface area contributed by atoms with Gasteiger partial charge in [-0.25, -0.2) is 4.39 Å². The Morgan fingerprint density at radius 3 is 3.14 bits per heavy atom. The maximum Gasteiger partial charge on any atom is 0.113 e. The predicted octanol–water partition coefficient (Wildman–Crippen LogP) is 0.409. The highest BCUT2D eigenvalue weighted by atomic mass is 19.1. The molecule has 0 aromatic heterocycles. The highest BCUT2D eigenvalue weighted by Crippen LogP contribution is 2.13. The Morgan fingerprint density at radius 2 is 2.43 bits per heavy atom. The molecule has 1 N–H and O–H groups in total. The normalized spacial score (nSPS) is 35.8. The van der Waals surface area contributed by atoms with Crippen LogP contribution in [0.25, 0.3) is 0 Å². The average molecular weight is 202 g/mol. The van der Waals surface area contributed by atoms with Crippen LogP contribution in [0.3, 0.4) is 0 Å². The Labute approximate surface area is 84.6 Å². The van der Waals surface area contributed by atoms with E-state index in [1.807, 2.05) is 0 Å². The second kappa shape index (κ2) is 5.05. The van der Waals surface area contributed by atoms with E-state index in [4.69, 9.17) is 4.74 Å². The molecule has 4 heteroatoms. The van der Waals surface area contributed by atoms with Crippen molar-refractivity contribution in [2.24, 2.45) is 0 Å². The SMILES string of the molecule is FC1CCCN(CC2COCCN2)C1. The van der Waals surface area contributed by atoms with Crippen LogP contribution in [0.5, 0.6) is 0 Å². The quantitative estimate of drug-likeness (QED) is 0.702. The molecule has 3 nitrogen and oxygen atoms in total. The van der Waals surface area contributed by atoms with E-state index in [0.29, 0.717) is 12.6 Å². The van der Waals surface area contributed by atoms with Crippen LogP contribution >= 0.6 is 0 Å². The van der Waals surface area contributed by atoms with Gasteiger partial charge in [-0.15, -0.1) is 0 Å². The summed E-state index contributed by atoms with van der Waals surface area (Å²) >= 11 is 0. The van der Waals surface area contributed by atoms with Crippen molar-refractivity contribution in [3.63, 3.8) is 0 Å². The molecule has 2 saturated heterocycles. The first-order valence-electron chi connectivity index (χ1n) is 5.52. The molecule has 0 aliphatic carbocycles. The molecule has 2 unspecified atom stereocenters. The van der Waals surface area contributed by atoms with E-state index in [1.54, 1.807) is 0 Å². The number of rotatable bonds is 2. The number of alkyl halides is 1. The van der Waals surface area contributed by atoms with E-state index < -0.39 is 6.17 Å². The largest absolute Gasteiger partial charge is 0.378 e. The van der Waals surface area contributed by atoms with Crippen molar-refractivity contribution in [1.82, 2.24) is 10.2 Å². The number of hydrogen-bond acceptors (Lipinski definition) is 3. The monoisotopic (exact) mass is 202 g/mol. The number of morpholine rings is 1. The summed E-state index contributed by atoms with van der Waals surface area (Å²) in [5, 5.41) is 3.39. The van der Waals surface area contributed by atoms with Crippen LogP contribution in [-0.4, -0.2) is 56.5 Å². The van der Waals surface area contributed by atoms with E-state index in [2.05, 4.69) is 10.2 Å². The fourth-order valence-electron chi connectivity index (χ4n) is 2.21. The van der Waals surface area contributed by atoms with Gasteiger partial charge in [-0.3, -0.25) is 4.90 Å². The van der Waals surface area contributed by atoms with Crippen LogP contribution in [0.15, 0.2) is 0 Å². The summed E-state index contributed by atoms with van der Waals surface area (Å²) in [5.41, 5.74) is 0. The van der Waals surface area contributed by atoms with Gasteiger partial charge in [0.25, 0.3) is 0 Å². The van der Waals surface area contributed by atoms with Crippen molar-refractivity contribution in [2.75, 3.05) is 39.4 Å². The number of ether oxygens (including phenoxy) is 1. The molecule has 2 fully saturated rings. The van der Waals surface area contributed by atoms with Gasteiger partial charge in [0.2, 0.25) is 0 Å². The van der Waals surface area contributed by atoms with Gasteiger partial charge < -0.3 is 10.1 Å². The van der Waals surface area contributed by atoms with Crippen molar-refractivity contribution in [2.45, 2.75) is 25.1 Å². The fourth-order valence-corrected chi connectivity index (χ4v) is 2.21. The third kappa shape index (κ3) is 2.90. The van der Waals surface area contributed by atoms with Crippen LogP contribution < -0.4 is 5.32 Å². The molecule has 2 rings (SSSR count). The Balaban J connectivity index is 1.72. The van der Waals surface area contributed by atoms with Gasteiger partial charge in [0.05, 0.1) is 13.2 Å². The minimum Gasteiger partial charge on any atom is -0.378 e. The standard InChI is InChI=1S/C10H19FN2O/c11-9-2-1-4-13(6-9)7-10-8-14-5-3-12-10/h9-10,12H,1-8H2. The third-order valence-corrected chi connectivity index (χ3v) is 2.93.